The fourth-order valence-electron chi connectivity index (χ4n) is 4.32. The van der Waals surface area contributed by atoms with E-state index in [0.717, 1.165) is 29.7 Å². The van der Waals surface area contributed by atoms with Crippen LogP contribution in [0.3, 0.4) is 0 Å². The molecule has 2 heterocycles. The maximum absolute atomic E-state index is 13.0. The van der Waals surface area contributed by atoms with E-state index in [9.17, 15) is 14.4 Å². The summed E-state index contributed by atoms with van der Waals surface area (Å²) in [6, 6.07) is 6.04. The van der Waals surface area contributed by atoms with Gasteiger partial charge in [0, 0.05) is 31.7 Å². The molecule has 1 N–H and O–H groups in total. The van der Waals surface area contributed by atoms with Crippen LogP contribution in [0.15, 0.2) is 18.2 Å². The summed E-state index contributed by atoms with van der Waals surface area (Å²) < 4.78 is 0. The van der Waals surface area contributed by atoms with Gasteiger partial charge in [0.15, 0.2) is 0 Å². The molecule has 2 fully saturated rings. The highest BCUT2D eigenvalue weighted by molar-refractivity contribution is 6.09. The summed E-state index contributed by atoms with van der Waals surface area (Å²) in [5, 5.41) is 8.87. The Hall–Kier alpha value is -2.37. The number of aliphatic carboxylic acids is 1. The zero-order valence-electron chi connectivity index (χ0n) is 16.1. The molecular weight excluding hydrogens is 344 g/mol. The normalized spacial score (nSPS) is 23.0. The van der Waals surface area contributed by atoms with Gasteiger partial charge in [0.2, 0.25) is 11.8 Å². The number of piperidine rings is 1. The fraction of sp³-hybridized carbons (Fsp3) is 0.571. The van der Waals surface area contributed by atoms with Crippen molar-refractivity contribution in [3.63, 3.8) is 0 Å². The summed E-state index contributed by atoms with van der Waals surface area (Å²) in [5.41, 5.74) is 3.07. The molecule has 2 aliphatic heterocycles. The minimum Gasteiger partial charge on any atom is -0.481 e. The topological polar surface area (TPSA) is 77.9 Å². The van der Waals surface area contributed by atoms with Gasteiger partial charge in [-0.3, -0.25) is 14.4 Å². The van der Waals surface area contributed by atoms with Crippen molar-refractivity contribution in [1.82, 2.24) is 4.90 Å². The van der Waals surface area contributed by atoms with E-state index in [1.807, 2.05) is 26.0 Å². The zero-order chi connectivity index (χ0) is 19.6. The molecule has 3 rings (SSSR count). The fourth-order valence-corrected chi connectivity index (χ4v) is 4.32. The quantitative estimate of drug-likeness (QED) is 0.806. The lowest BCUT2D eigenvalue weighted by atomic mass is 9.92. The third kappa shape index (κ3) is 4.49. The first-order valence-electron chi connectivity index (χ1n) is 9.75. The van der Waals surface area contributed by atoms with E-state index in [1.165, 1.54) is 0 Å². The van der Waals surface area contributed by atoms with E-state index >= 15 is 0 Å². The van der Waals surface area contributed by atoms with Crippen LogP contribution in [-0.2, 0) is 14.4 Å². The number of carboxylic acid groups (broad SMARTS) is 1. The predicted octanol–water partition coefficient (Wildman–Crippen LogP) is 2.76. The molecule has 2 amide bonds. The largest absolute Gasteiger partial charge is 0.481 e. The van der Waals surface area contributed by atoms with E-state index in [-0.39, 0.29) is 24.2 Å². The molecule has 0 aromatic heterocycles. The molecule has 6 heteroatoms. The summed E-state index contributed by atoms with van der Waals surface area (Å²) in [7, 11) is 0. The summed E-state index contributed by atoms with van der Waals surface area (Å²) >= 11 is 0. The van der Waals surface area contributed by atoms with Gasteiger partial charge in [0.05, 0.1) is 0 Å². The minimum absolute atomic E-state index is 0.0908. The van der Waals surface area contributed by atoms with Crippen LogP contribution >= 0.6 is 0 Å². The Morgan fingerprint density at radius 2 is 1.81 bits per heavy atom. The smallest absolute Gasteiger partial charge is 0.303 e. The van der Waals surface area contributed by atoms with Crippen molar-refractivity contribution in [2.75, 3.05) is 24.5 Å². The second-order valence-corrected chi connectivity index (χ2v) is 7.90. The second-order valence-electron chi connectivity index (χ2n) is 7.90. The number of hydrogen-bond acceptors (Lipinski definition) is 3. The minimum atomic E-state index is -0.798. The third-order valence-corrected chi connectivity index (χ3v) is 5.62. The summed E-state index contributed by atoms with van der Waals surface area (Å²) in [5.74, 6) is -1.40. The first-order valence-corrected chi connectivity index (χ1v) is 9.75. The summed E-state index contributed by atoms with van der Waals surface area (Å²) in [6.45, 7) is 5.80. The Bertz CT molecular complexity index is 725. The summed E-state index contributed by atoms with van der Waals surface area (Å²) in [4.78, 5) is 40.2. The highest BCUT2D eigenvalue weighted by atomic mass is 16.4. The van der Waals surface area contributed by atoms with Gasteiger partial charge >= 0.3 is 5.97 Å². The molecule has 2 saturated heterocycles. The van der Waals surface area contributed by atoms with Crippen LogP contribution < -0.4 is 4.90 Å². The molecule has 6 nitrogen and oxygen atoms in total. The van der Waals surface area contributed by atoms with Crippen LogP contribution in [0, 0.1) is 25.7 Å². The van der Waals surface area contributed by atoms with Gasteiger partial charge in [-0.1, -0.05) is 6.07 Å². The number of aryl methyl sites for hydroxylation is 2. The molecule has 146 valence electrons. The van der Waals surface area contributed by atoms with Gasteiger partial charge < -0.3 is 14.9 Å². The predicted molar refractivity (Wildman–Crippen MR) is 103 cm³/mol. The maximum atomic E-state index is 13.0. The third-order valence-electron chi connectivity index (χ3n) is 5.62. The molecule has 1 aromatic carbocycles. The Morgan fingerprint density at radius 3 is 2.48 bits per heavy atom. The van der Waals surface area contributed by atoms with E-state index in [0.29, 0.717) is 32.5 Å². The lowest BCUT2D eigenvalue weighted by Crippen LogP contribution is -2.45. The second kappa shape index (κ2) is 8.11. The number of benzene rings is 1. The molecule has 27 heavy (non-hydrogen) atoms. The summed E-state index contributed by atoms with van der Waals surface area (Å²) in [6.07, 6.45) is 3.09. The van der Waals surface area contributed by atoms with Crippen molar-refractivity contribution in [2.24, 2.45) is 11.8 Å². The van der Waals surface area contributed by atoms with E-state index in [1.54, 1.807) is 9.80 Å². The first-order chi connectivity index (χ1) is 12.8. The molecule has 1 aromatic rings. The zero-order valence-corrected chi connectivity index (χ0v) is 16.1. The van der Waals surface area contributed by atoms with E-state index in [4.69, 9.17) is 5.11 Å². The van der Waals surface area contributed by atoms with Crippen LogP contribution in [-0.4, -0.2) is 47.4 Å². The van der Waals surface area contributed by atoms with E-state index < -0.39 is 11.9 Å². The first kappa shape index (κ1) is 19.4. The molecule has 0 aliphatic carbocycles. The van der Waals surface area contributed by atoms with Crippen LogP contribution in [0.1, 0.15) is 43.2 Å². The van der Waals surface area contributed by atoms with Gasteiger partial charge in [-0.05, 0) is 68.7 Å². The number of carboxylic acids is 1. The molecule has 2 atom stereocenters. The van der Waals surface area contributed by atoms with Crippen LogP contribution in [0.25, 0.3) is 0 Å². The van der Waals surface area contributed by atoms with Crippen LogP contribution in [0.4, 0.5) is 5.69 Å². The van der Waals surface area contributed by atoms with Crippen molar-refractivity contribution in [3.05, 3.63) is 29.3 Å². The van der Waals surface area contributed by atoms with Crippen molar-refractivity contribution in [3.8, 4) is 0 Å². The average Bonchev–Trinajstić information content (AvgIpc) is 3.00. The van der Waals surface area contributed by atoms with Gasteiger partial charge in [-0.15, -0.1) is 0 Å². The number of rotatable bonds is 5. The Labute approximate surface area is 160 Å². The molecule has 0 bridgehead atoms. The van der Waals surface area contributed by atoms with Gasteiger partial charge in [0.25, 0.3) is 0 Å². The number of nitrogens with zero attached hydrogens (tertiary/aromatic N) is 2. The number of carbonyl (C=O) groups excluding carboxylic acids is 2. The number of hydrogen-bond donors (Lipinski definition) is 1. The van der Waals surface area contributed by atoms with Crippen molar-refractivity contribution in [2.45, 2.75) is 46.0 Å². The lowest BCUT2D eigenvalue weighted by molar-refractivity contribution is -0.141. The number of anilines is 1. The highest BCUT2D eigenvalue weighted by Gasteiger charge is 2.40. The molecule has 0 radical (unpaired) electrons. The van der Waals surface area contributed by atoms with Crippen LogP contribution in [0.2, 0.25) is 0 Å². The van der Waals surface area contributed by atoms with Gasteiger partial charge in [-0.2, -0.15) is 0 Å². The number of likely N-dealkylation sites (tertiary alicyclic amines) is 1. The average molecular weight is 372 g/mol. The van der Waals surface area contributed by atoms with Crippen molar-refractivity contribution < 1.29 is 19.5 Å². The van der Waals surface area contributed by atoms with E-state index in [2.05, 4.69) is 6.07 Å². The molecule has 0 spiro atoms. The molecule has 2 unspecified atom stereocenters. The Kier molecular flexibility index (Phi) is 5.82. The SMILES string of the molecule is Cc1cc(C)cc(N2CCC(C(=O)N3CCCC(CCC(=O)O)C3)C2=O)c1. The standard InChI is InChI=1S/C21H28N2O4/c1-14-10-15(2)12-17(11-14)23-9-7-18(21(23)27)20(26)22-8-3-4-16(13-22)5-6-19(24)25/h10-12,16,18H,3-9,13H2,1-2H3,(H,24,25). The maximum Gasteiger partial charge on any atom is 0.303 e. The Morgan fingerprint density at radius 1 is 1.11 bits per heavy atom. The monoisotopic (exact) mass is 372 g/mol. The Balaban J connectivity index is 1.65. The van der Waals surface area contributed by atoms with Crippen LogP contribution in [0.5, 0.6) is 0 Å². The van der Waals surface area contributed by atoms with Crippen molar-refractivity contribution >= 4 is 23.5 Å². The molecule has 2 aliphatic rings. The number of carbonyl (C=O) groups is 3. The lowest BCUT2D eigenvalue weighted by Gasteiger charge is -2.34. The number of amides is 2. The van der Waals surface area contributed by atoms with Gasteiger partial charge in [-0.25, -0.2) is 0 Å². The molecule has 0 saturated carbocycles. The van der Waals surface area contributed by atoms with Gasteiger partial charge in [0.1, 0.15) is 5.92 Å². The van der Waals surface area contributed by atoms with Crippen molar-refractivity contribution in [1.29, 1.82) is 0 Å². The molecular formula is C21H28N2O4. The highest BCUT2D eigenvalue weighted by Crippen LogP contribution is 2.30.